The van der Waals surface area contributed by atoms with E-state index in [1.54, 1.807) is 5.51 Å². The number of amides is 1. The Hall–Kier alpha value is -1.11. The van der Waals surface area contributed by atoms with Crippen LogP contribution in [0.25, 0.3) is 0 Å². The third-order valence-corrected chi connectivity index (χ3v) is 3.84. The van der Waals surface area contributed by atoms with Gasteiger partial charge in [-0.25, -0.2) is 0 Å². The van der Waals surface area contributed by atoms with Crippen molar-refractivity contribution >= 4 is 45.7 Å². The molecule has 0 aliphatic rings. The summed E-state index contributed by atoms with van der Waals surface area (Å²) in [6, 6.07) is 7.62. The molecule has 7 heteroatoms. The lowest BCUT2D eigenvalue weighted by Gasteiger charge is -2.02. The number of thioether (sulfide) groups is 1. The summed E-state index contributed by atoms with van der Waals surface area (Å²) in [4.78, 5) is 11.5. The van der Waals surface area contributed by atoms with Crippen molar-refractivity contribution in [2.24, 2.45) is 0 Å². The summed E-state index contributed by atoms with van der Waals surface area (Å²) in [5, 5.41) is 11.3. The molecule has 4 nitrogen and oxygen atoms in total. The summed E-state index contributed by atoms with van der Waals surface area (Å²) >= 11 is 8.71. The molecule has 18 heavy (non-hydrogen) atoms. The summed E-state index contributed by atoms with van der Waals surface area (Å²) in [5.74, 6) is 1.06. The van der Waals surface area contributed by atoms with Gasteiger partial charge in [0.1, 0.15) is 5.51 Å². The van der Waals surface area contributed by atoms with Crippen LogP contribution in [0, 0.1) is 0 Å². The van der Waals surface area contributed by atoms with Gasteiger partial charge in [-0.2, -0.15) is 0 Å². The highest BCUT2D eigenvalue weighted by Crippen LogP contribution is 2.17. The minimum absolute atomic E-state index is 0.0706. The van der Waals surface area contributed by atoms with E-state index in [0.29, 0.717) is 15.9 Å². The summed E-state index contributed by atoms with van der Waals surface area (Å²) in [6.07, 6.45) is 0. The van der Waals surface area contributed by atoms with E-state index in [0.717, 1.165) is 11.3 Å². The molecule has 0 fully saturated rings. The number of carbonyl (C=O) groups excluding carboxylic acids is 1. The number of nitrogens with zero attached hydrogens (tertiary/aromatic N) is 2. The smallest absolute Gasteiger partial charge is 0.236 e. The summed E-state index contributed by atoms with van der Waals surface area (Å²) < 4.78 is 0. The van der Waals surface area contributed by atoms with E-state index in [4.69, 9.17) is 11.6 Å². The van der Waals surface area contributed by atoms with Gasteiger partial charge in [0, 0.05) is 10.8 Å². The normalized spacial score (nSPS) is 10.3. The van der Waals surface area contributed by atoms with Gasteiger partial charge in [-0.15, -0.1) is 22.0 Å². The quantitative estimate of drug-likeness (QED) is 0.922. The van der Waals surface area contributed by atoms with Crippen LogP contribution in [-0.2, 0) is 10.5 Å². The molecule has 1 aromatic carbocycles. The van der Waals surface area contributed by atoms with Crippen LogP contribution in [0.3, 0.4) is 0 Å². The Morgan fingerprint density at radius 3 is 3.11 bits per heavy atom. The van der Waals surface area contributed by atoms with Gasteiger partial charge < -0.3 is 0 Å². The molecule has 1 aromatic heterocycles. The van der Waals surface area contributed by atoms with Crippen LogP contribution in [0.2, 0.25) is 5.02 Å². The van der Waals surface area contributed by atoms with Crippen LogP contribution in [0.1, 0.15) is 5.56 Å². The minimum Gasteiger partial charge on any atom is -0.300 e. The first-order chi connectivity index (χ1) is 8.74. The standard InChI is InChI=1S/C11H10ClN3OS2/c12-9-3-1-2-8(4-9)5-17-6-10(16)14-11-15-13-7-18-11/h1-4,7H,5-6H2,(H,14,15,16). The topological polar surface area (TPSA) is 54.9 Å². The van der Waals surface area contributed by atoms with E-state index in [1.165, 1.54) is 23.1 Å². The van der Waals surface area contributed by atoms with E-state index in [9.17, 15) is 4.79 Å². The summed E-state index contributed by atoms with van der Waals surface area (Å²) in [5.41, 5.74) is 2.69. The Balaban J connectivity index is 1.73. The number of aromatic nitrogens is 2. The average molecular weight is 300 g/mol. The van der Waals surface area contributed by atoms with Crippen molar-refractivity contribution in [3.8, 4) is 0 Å². The molecule has 0 aliphatic heterocycles. The minimum atomic E-state index is -0.0706. The predicted molar refractivity (Wildman–Crippen MR) is 76.2 cm³/mol. The number of nitrogens with one attached hydrogen (secondary N) is 1. The molecule has 0 bridgehead atoms. The number of halogens is 1. The van der Waals surface area contributed by atoms with E-state index in [-0.39, 0.29) is 5.91 Å². The number of hydrogen-bond acceptors (Lipinski definition) is 5. The second kappa shape index (κ2) is 6.72. The van der Waals surface area contributed by atoms with Crippen LogP contribution < -0.4 is 5.32 Å². The van der Waals surface area contributed by atoms with Gasteiger partial charge in [0.15, 0.2) is 0 Å². The van der Waals surface area contributed by atoms with E-state index in [2.05, 4.69) is 15.5 Å². The highest BCUT2D eigenvalue weighted by molar-refractivity contribution is 7.99. The molecule has 1 heterocycles. The van der Waals surface area contributed by atoms with Gasteiger partial charge in [-0.05, 0) is 17.7 Å². The zero-order valence-electron chi connectivity index (χ0n) is 9.30. The van der Waals surface area contributed by atoms with Crippen molar-refractivity contribution in [3.63, 3.8) is 0 Å². The van der Waals surface area contributed by atoms with Crippen molar-refractivity contribution in [2.45, 2.75) is 5.75 Å². The fourth-order valence-electron chi connectivity index (χ4n) is 1.27. The van der Waals surface area contributed by atoms with Gasteiger partial charge in [0.25, 0.3) is 0 Å². The molecule has 0 atom stereocenters. The molecular formula is C11H10ClN3OS2. The predicted octanol–water partition coefficient (Wildman–Crippen LogP) is 3.06. The lowest BCUT2D eigenvalue weighted by Crippen LogP contribution is -2.13. The molecule has 1 amide bonds. The van der Waals surface area contributed by atoms with Gasteiger partial charge in [-0.1, -0.05) is 35.1 Å². The molecule has 0 radical (unpaired) electrons. The maximum absolute atomic E-state index is 11.5. The SMILES string of the molecule is O=C(CSCc1cccc(Cl)c1)Nc1nncs1. The molecule has 2 rings (SSSR count). The first-order valence-electron chi connectivity index (χ1n) is 5.12. The van der Waals surface area contributed by atoms with Crippen molar-refractivity contribution in [2.75, 3.05) is 11.1 Å². The zero-order valence-corrected chi connectivity index (χ0v) is 11.7. The van der Waals surface area contributed by atoms with Crippen LogP contribution in [0.5, 0.6) is 0 Å². The Bertz CT molecular complexity index is 519. The Kier molecular flexibility index (Phi) is 4.98. The Labute approximate surface area is 118 Å². The fourth-order valence-corrected chi connectivity index (χ4v) is 2.72. The number of carbonyl (C=O) groups is 1. The summed E-state index contributed by atoms with van der Waals surface area (Å²) in [7, 11) is 0. The van der Waals surface area contributed by atoms with E-state index >= 15 is 0 Å². The molecule has 0 aliphatic carbocycles. The van der Waals surface area contributed by atoms with E-state index < -0.39 is 0 Å². The lowest BCUT2D eigenvalue weighted by molar-refractivity contribution is -0.113. The Morgan fingerprint density at radius 2 is 2.39 bits per heavy atom. The second-order valence-corrected chi connectivity index (χ2v) is 5.67. The highest BCUT2D eigenvalue weighted by Gasteiger charge is 2.05. The lowest BCUT2D eigenvalue weighted by atomic mass is 10.2. The summed E-state index contributed by atoms with van der Waals surface area (Å²) in [6.45, 7) is 0. The first kappa shape index (κ1) is 13.3. The van der Waals surface area contributed by atoms with Crippen LogP contribution >= 0.6 is 34.7 Å². The maximum Gasteiger partial charge on any atom is 0.236 e. The molecule has 94 valence electrons. The van der Waals surface area contributed by atoms with Gasteiger partial charge in [-0.3, -0.25) is 10.1 Å². The third-order valence-electron chi connectivity index (χ3n) is 2.00. The zero-order chi connectivity index (χ0) is 12.8. The average Bonchev–Trinajstić information content (AvgIpc) is 2.82. The molecule has 0 unspecified atom stereocenters. The van der Waals surface area contributed by atoms with Gasteiger partial charge >= 0.3 is 0 Å². The number of anilines is 1. The number of benzene rings is 1. The third kappa shape index (κ3) is 4.29. The molecule has 0 spiro atoms. The first-order valence-corrected chi connectivity index (χ1v) is 7.53. The van der Waals surface area contributed by atoms with Crippen LogP contribution in [-0.4, -0.2) is 21.9 Å². The van der Waals surface area contributed by atoms with Crippen molar-refractivity contribution in [1.82, 2.24) is 10.2 Å². The molecule has 0 saturated heterocycles. The number of hydrogen-bond donors (Lipinski definition) is 1. The largest absolute Gasteiger partial charge is 0.300 e. The van der Waals surface area contributed by atoms with Crippen molar-refractivity contribution in [1.29, 1.82) is 0 Å². The maximum atomic E-state index is 11.5. The van der Waals surface area contributed by atoms with Crippen LogP contribution in [0.4, 0.5) is 5.13 Å². The van der Waals surface area contributed by atoms with Gasteiger partial charge in [0.2, 0.25) is 11.0 Å². The molecule has 1 N–H and O–H groups in total. The molecule has 0 saturated carbocycles. The van der Waals surface area contributed by atoms with E-state index in [1.807, 2.05) is 24.3 Å². The monoisotopic (exact) mass is 299 g/mol. The van der Waals surface area contributed by atoms with Gasteiger partial charge in [0.05, 0.1) is 5.75 Å². The fraction of sp³-hybridized carbons (Fsp3) is 0.182. The molecular weight excluding hydrogens is 290 g/mol. The highest BCUT2D eigenvalue weighted by atomic mass is 35.5. The second-order valence-electron chi connectivity index (χ2n) is 3.41. The van der Waals surface area contributed by atoms with Crippen LogP contribution in [0.15, 0.2) is 29.8 Å². The Morgan fingerprint density at radius 1 is 1.50 bits per heavy atom. The van der Waals surface area contributed by atoms with Crippen molar-refractivity contribution in [3.05, 3.63) is 40.4 Å². The molecule has 2 aromatic rings. The number of rotatable bonds is 5. The van der Waals surface area contributed by atoms with Crippen molar-refractivity contribution < 1.29 is 4.79 Å².